The van der Waals surface area contributed by atoms with Crippen molar-refractivity contribution in [3.63, 3.8) is 0 Å². The predicted molar refractivity (Wildman–Crippen MR) is 155 cm³/mol. The standard InChI is InChI=1S/C16H23NO2.C15H25NO3/c1-5-11-7-6-8-12-9-14(19-15(11)12)13(18)10-17-16(2,3)4;1-12(2)16-10-14(17)11-19-15-6-4-13(5-7-15)8-9-18-3/h6-9,13,17-18H,5,10H2,1-4H3;4-7,12,14,16-17H,8-11H2,1-3H3. The smallest absolute Gasteiger partial charge is 0.137 e. The van der Waals surface area contributed by atoms with Crippen molar-refractivity contribution < 1.29 is 24.1 Å². The number of fused-ring (bicyclic) bond motifs is 1. The number of methoxy groups -OCH3 is 1. The van der Waals surface area contributed by atoms with Crippen LogP contribution in [0.3, 0.4) is 0 Å². The van der Waals surface area contributed by atoms with Gasteiger partial charge >= 0.3 is 0 Å². The summed E-state index contributed by atoms with van der Waals surface area (Å²) in [7, 11) is 1.70. The molecule has 0 radical (unpaired) electrons. The zero-order valence-electron chi connectivity index (χ0n) is 24.2. The Kier molecular flexibility index (Phi) is 13.3. The first-order chi connectivity index (χ1) is 18.0. The Morgan fingerprint density at radius 3 is 2.32 bits per heavy atom. The summed E-state index contributed by atoms with van der Waals surface area (Å²) in [5.74, 6) is 1.41. The number of aliphatic hydroxyl groups is 2. The normalized spacial score (nSPS) is 13.3. The van der Waals surface area contributed by atoms with Crippen molar-refractivity contribution in [3.05, 3.63) is 65.4 Å². The van der Waals surface area contributed by atoms with E-state index in [1.54, 1.807) is 7.11 Å². The molecule has 2 unspecified atom stereocenters. The van der Waals surface area contributed by atoms with Crippen LogP contribution in [0, 0.1) is 0 Å². The van der Waals surface area contributed by atoms with E-state index in [-0.39, 0.29) is 5.54 Å². The van der Waals surface area contributed by atoms with Crippen molar-refractivity contribution in [2.75, 3.05) is 33.4 Å². The maximum absolute atomic E-state index is 10.2. The summed E-state index contributed by atoms with van der Waals surface area (Å²) in [6.45, 7) is 14.5. The average molecular weight is 529 g/mol. The number of furan rings is 1. The van der Waals surface area contributed by atoms with Gasteiger partial charge < -0.3 is 34.7 Å². The molecule has 0 aliphatic carbocycles. The van der Waals surface area contributed by atoms with E-state index in [4.69, 9.17) is 13.9 Å². The monoisotopic (exact) mass is 528 g/mol. The molecule has 0 fully saturated rings. The van der Waals surface area contributed by atoms with Crippen LogP contribution >= 0.6 is 0 Å². The van der Waals surface area contributed by atoms with Crippen molar-refractivity contribution in [3.8, 4) is 5.75 Å². The minimum Gasteiger partial charge on any atom is -0.491 e. The Morgan fingerprint density at radius 2 is 1.71 bits per heavy atom. The molecular formula is C31H48N2O5. The number of aliphatic hydroxyl groups excluding tert-OH is 2. The van der Waals surface area contributed by atoms with Crippen LogP contribution in [0.4, 0.5) is 0 Å². The maximum Gasteiger partial charge on any atom is 0.137 e. The number of hydrogen-bond donors (Lipinski definition) is 4. The lowest BCUT2D eigenvalue weighted by atomic mass is 10.1. The molecule has 3 aromatic rings. The number of ether oxygens (including phenoxy) is 2. The van der Waals surface area contributed by atoms with Gasteiger partial charge in [0.2, 0.25) is 0 Å². The molecule has 0 saturated heterocycles. The van der Waals surface area contributed by atoms with Gasteiger partial charge in [-0.05, 0) is 62.9 Å². The van der Waals surface area contributed by atoms with Gasteiger partial charge in [-0.15, -0.1) is 0 Å². The van der Waals surface area contributed by atoms with Crippen LogP contribution in [0.5, 0.6) is 5.75 Å². The van der Waals surface area contributed by atoms with Gasteiger partial charge in [-0.25, -0.2) is 0 Å². The number of aryl methyl sites for hydroxylation is 1. The van der Waals surface area contributed by atoms with Crippen LogP contribution in [0.25, 0.3) is 11.0 Å². The predicted octanol–water partition coefficient (Wildman–Crippen LogP) is 5.03. The Balaban J connectivity index is 0.000000267. The number of nitrogens with one attached hydrogen (secondary N) is 2. The van der Waals surface area contributed by atoms with Gasteiger partial charge in [-0.1, -0.05) is 51.1 Å². The molecule has 0 spiro atoms. The van der Waals surface area contributed by atoms with Crippen LogP contribution in [-0.4, -0.2) is 61.3 Å². The Bertz CT molecular complexity index is 1060. The fraction of sp³-hybridized carbons (Fsp3) is 0.548. The Hall–Kier alpha value is -2.42. The van der Waals surface area contributed by atoms with E-state index >= 15 is 0 Å². The van der Waals surface area contributed by atoms with Crippen LogP contribution < -0.4 is 15.4 Å². The van der Waals surface area contributed by atoms with Gasteiger partial charge in [0.15, 0.2) is 0 Å². The van der Waals surface area contributed by atoms with E-state index in [2.05, 4.69) is 44.4 Å². The molecule has 0 bridgehead atoms. The number of hydrogen-bond acceptors (Lipinski definition) is 7. The molecule has 2 aromatic carbocycles. The van der Waals surface area contributed by atoms with Crippen molar-refractivity contribution in [2.24, 2.45) is 0 Å². The SMILES string of the molecule is CCc1cccc2cc(C(O)CNC(C)(C)C)oc12.COCCc1ccc(OCC(O)CNC(C)C)cc1. The second-order valence-corrected chi connectivity index (χ2v) is 10.9. The number of rotatable bonds is 13. The molecule has 212 valence electrons. The van der Waals surface area contributed by atoms with Crippen LogP contribution in [-0.2, 0) is 17.6 Å². The first-order valence-electron chi connectivity index (χ1n) is 13.6. The molecule has 0 aliphatic rings. The molecule has 4 N–H and O–H groups in total. The van der Waals surface area contributed by atoms with Crippen LogP contribution in [0.15, 0.2) is 52.9 Å². The molecule has 3 rings (SSSR count). The molecule has 1 heterocycles. The summed E-state index contributed by atoms with van der Waals surface area (Å²) in [6, 6.07) is 16.3. The minimum absolute atomic E-state index is 0.0123. The second kappa shape index (κ2) is 15.9. The number of β-amino-alcohol motifs (C(OH)–C–C–N with tert-alkyl or cyclic N) is 1. The molecule has 7 heteroatoms. The molecule has 0 saturated carbocycles. The largest absolute Gasteiger partial charge is 0.491 e. The molecular weight excluding hydrogens is 480 g/mol. The minimum atomic E-state index is -0.615. The quantitative estimate of drug-likeness (QED) is 0.247. The lowest BCUT2D eigenvalue weighted by molar-refractivity contribution is 0.104. The summed E-state index contributed by atoms with van der Waals surface area (Å²) >= 11 is 0. The molecule has 0 aliphatic heterocycles. The lowest BCUT2D eigenvalue weighted by Gasteiger charge is -2.22. The summed E-state index contributed by atoms with van der Waals surface area (Å²) in [5.41, 5.74) is 3.28. The highest BCUT2D eigenvalue weighted by molar-refractivity contribution is 5.81. The first-order valence-corrected chi connectivity index (χ1v) is 13.6. The molecule has 38 heavy (non-hydrogen) atoms. The third kappa shape index (κ3) is 11.5. The lowest BCUT2D eigenvalue weighted by Crippen LogP contribution is -2.38. The van der Waals surface area contributed by atoms with E-state index in [1.165, 1.54) is 11.1 Å². The van der Waals surface area contributed by atoms with Gasteiger partial charge in [-0.3, -0.25) is 0 Å². The zero-order chi connectivity index (χ0) is 28.1. The van der Waals surface area contributed by atoms with Gasteiger partial charge in [0.05, 0.1) is 6.61 Å². The highest BCUT2D eigenvalue weighted by atomic mass is 16.5. The summed E-state index contributed by atoms with van der Waals surface area (Å²) in [5, 5.41) is 27.4. The number of benzene rings is 2. The second-order valence-electron chi connectivity index (χ2n) is 10.9. The third-order valence-electron chi connectivity index (χ3n) is 5.90. The average Bonchev–Trinajstić information content (AvgIpc) is 3.33. The molecule has 0 amide bonds. The van der Waals surface area contributed by atoms with Crippen molar-refractivity contribution >= 4 is 11.0 Å². The Morgan fingerprint density at radius 1 is 1.00 bits per heavy atom. The fourth-order valence-electron chi connectivity index (χ4n) is 3.68. The van der Waals surface area contributed by atoms with E-state index in [9.17, 15) is 10.2 Å². The van der Waals surface area contributed by atoms with Gasteiger partial charge in [0.1, 0.15) is 35.9 Å². The van der Waals surface area contributed by atoms with Crippen LogP contribution in [0.2, 0.25) is 0 Å². The van der Waals surface area contributed by atoms with E-state index in [0.29, 0.717) is 31.5 Å². The Labute approximate surface area is 228 Å². The molecule has 7 nitrogen and oxygen atoms in total. The topological polar surface area (TPSA) is 96.1 Å². The maximum atomic E-state index is 10.2. The summed E-state index contributed by atoms with van der Waals surface area (Å²) < 4.78 is 16.4. The highest BCUT2D eigenvalue weighted by Crippen LogP contribution is 2.27. The first kappa shape index (κ1) is 31.8. The summed E-state index contributed by atoms with van der Waals surface area (Å²) in [4.78, 5) is 0. The van der Waals surface area contributed by atoms with Gasteiger partial charge in [-0.2, -0.15) is 0 Å². The third-order valence-corrected chi connectivity index (χ3v) is 5.90. The van der Waals surface area contributed by atoms with Crippen molar-refractivity contribution in [1.82, 2.24) is 10.6 Å². The van der Waals surface area contributed by atoms with Crippen molar-refractivity contribution in [1.29, 1.82) is 0 Å². The van der Waals surface area contributed by atoms with Crippen LogP contribution in [0.1, 0.15) is 64.5 Å². The highest BCUT2D eigenvalue weighted by Gasteiger charge is 2.17. The summed E-state index contributed by atoms with van der Waals surface area (Å²) in [6.07, 6.45) is 0.727. The fourth-order valence-corrected chi connectivity index (χ4v) is 3.68. The van der Waals surface area contributed by atoms with Gasteiger partial charge in [0.25, 0.3) is 0 Å². The zero-order valence-corrected chi connectivity index (χ0v) is 24.2. The van der Waals surface area contributed by atoms with Crippen molar-refractivity contribution in [2.45, 2.75) is 78.2 Å². The van der Waals surface area contributed by atoms with E-state index < -0.39 is 12.2 Å². The molecule has 2 atom stereocenters. The van der Waals surface area contributed by atoms with Gasteiger partial charge in [0, 0.05) is 37.2 Å². The molecule has 1 aromatic heterocycles. The number of para-hydroxylation sites is 1. The van der Waals surface area contributed by atoms with E-state index in [0.717, 1.165) is 36.2 Å². The van der Waals surface area contributed by atoms with E-state index in [1.807, 2.05) is 56.3 Å².